The number of halogens is 2. The van der Waals surface area contributed by atoms with E-state index in [-0.39, 0.29) is 23.8 Å². The Morgan fingerprint density at radius 2 is 2.05 bits per heavy atom. The number of nitrogens with one attached hydrogen (secondary N) is 1. The molecule has 37 heavy (non-hydrogen) atoms. The smallest absolute Gasteiger partial charge is 0.210 e. The summed E-state index contributed by atoms with van der Waals surface area (Å²) in [4.78, 5) is 28.6. The molecule has 3 unspecified atom stereocenters. The molecule has 5 heterocycles. The van der Waals surface area contributed by atoms with Gasteiger partial charge in [-0.2, -0.15) is 0 Å². The molecule has 0 radical (unpaired) electrons. The molecule has 1 amide bonds. The Labute approximate surface area is 213 Å². The fourth-order valence-electron chi connectivity index (χ4n) is 6.05. The van der Waals surface area contributed by atoms with Gasteiger partial charge in [-0.25, -0.2) is 13.8 Å². The van der Waals surface area contributed by atoms with Gasteiger partial charge in [0.2, 0.25) is 6.41 Å². The number of aromatic amines is 1. The van der Waals surface area contributed by atoms with E-state index in [9.17, 15) is 13.6 Å². The van der Waals surface area contributed by atoms with Crippen LogP contribution in [0.1, 0.15) is 37.2 Å². The molecule has 2 aliphatic heterocycles. The number of likely N-dealkylation sites (tertiary alicyclic amines) is 2. The molecule has 9 heteroatoms. The Morgan fingerprint density at radius 1 is 1.14 bits per heavy atom. The number of hydrogen-bond acceptors (Lipinski definition) is 5. The van der Waals surface area contributed by atoms with Gasteiger partial charge in [-0.15, -0.1) is 0 Å². The second kappa shape index (κ2) is 10.0. The summed E-state index contributed by atoms with van der Waals surface area (Å²) >= 11 is 0. The van der Waals surface area contributed by atoms with Crippen LogP contribution in [-0.2, 0) is 4.79 Å². The van der Waals surface area contributed by atoms with E-state index < -0.39 is 11.6 Å². The molecular formula is C28H29F2N5O2. The molecule has 2 aliphatic rings. The highest BCUT2D eigenvalue weighted by Gasteiger charge is 2.36. The van der Waals surface area contributed by atoms with Gasteiger partial charge in [0, 0.05) is 54.8 Å². The molecule has 0 saturated carbocycles. The van der Waals surface area contributed by atoms with Crippen molar-refractivity contribution in [2.75, 3.05) is 26.2 Å². The molecule has 2 fully saturated rings. The van der Waals surface area contributed by atoms with E-state index in [0.29, 0.717) is 13.2 Å². The van der Waals surface area contributed by atoms with Gasteiger partial charge in [-0.1, -0.05) is 0 Å². The summed E-state index contributed by atoms with van der Waals surface area (Å²) in [5.74, 6) is -0.770. The Balaban J connectivity index is 1.21. The third kappa shape index (κ3) is 4.64. The maximum Gasteiger partial charge on any atom is 0.210 e. The number of carbonyl (C=O) groups is 1. The van der Waals surface area contributed by atoms with Crippen molar-refractivity contribution in [1.82, 2.24) is 24.8 Å². The maximum absolute atomic E-state index is 14.0. The van der Waals surface area contributed by atoms with Crippen LogP contribution in [0.25, 0.3) is 21.9 Å². The lowest BCUT2D eigenvalue weighted by Crippen LogP contribution is -2.55. The molecule has 7 nitrogen and oxygen atoms in total. The van der Waals surface area contributed by atoms with Gasteiger partial charge >= 0.3 is 0 Å². The summed E-state index contributed by atoms with van der Waals surface area (Å²) < 4.78 is 33.0. The van der Waals surface area contributed by atoms with E-state index in [2.05, 4.69) is 25.9 Å². The first kappa shape index (κ1) is 23.8. The Kier molecular flexibility index (Phi) is 6.46. The molecule has 192 valence electrons. The zero-order valence-electron chi connectivity index (χ0n) is 20.4. The number of amides is 1. The quantitative estimate of drug-likeness (QED) is 0.380. The van der Waals surface area contributed by atoms with E-state index in [1.807, 2.05) is 29.6 Å². The van der Waals surface area contributed by atoms with E-state index in [0.717, 1.165) is 73.2 Å². The van der Waals surface area contributed by atoms with Crippen LogP contribution in [0.2, 0.25) is 0 Å². The van der Waals surface area contributed by atoms with Crippen molar-refractivity contribution in [3.05, 3.63) is 66.1 Å². The van der Waals surface area contributed by atoms with E-state index in [1.165, 1.54) is 17.7 Å². The first-order valence-electron chi connectivity index (χ1n) is 12.8. The number of ether oxygens (including phenoxy) is 1. The number of piperidine rings is 2. The molecule has 4 aromatic rings. The number of pyridine rings is 2. The van der Waals surface area contributed by atoms with Gasteiger partial charge < -0.3 is 14.6 Å². The number of nitrogens with zero attached hydrogens (tertiary/aromatic N) is 4. The van der Waals surface area contributed by atoms with Crippen LogP contribution in [0.3, 0.4) is 0 Å². The van der Waals surface area contributed by atoms with Crippen molar-refractivity contribution in [2.45, 2.75) is 37.8 Å². The summed E-state index contributed by atoms with van der Waals surface area (Å²) in [5, 5.41) is 2.20. The van der Waals surface area contributed by atoms with Crippen LogP contribution in [0.4, 0.5) is 8.78 Å². The fourth-order valence-corrected chi connectivity index (χ4v) is 6.05. The number of H-pyrrole nitrogens is 1. The number of hydrogen-bond donors (Lipinski definition) is 1. The van der Waals surface area contributed by atoms with Gasteiger partial charge in [0.1, 0.15) is 11.5 Å². The second-order valence-corrected chi connectivity index (χ2v) is 10.1. The van der Waals surface area contributed by atoms with E-state index in [4.69, 9.17) is 4.74 Å². The zero-order valence-corrected chi connectivity index (χ0v) is 20.4. The molecule has 0 bridgehead atoms. The van der Waals surface area contributed by atoms with Crippen LogP contribution >= 0.6 is 0 Å². The Morgan fingerprint density at radius 3 is 2.92 bits per heavy atom. The highest BCUT2D eigenvalue weighted by Crippen LogP contribution is 2.38. The van der Waals surface area contributed by atoms with Crippen molar-refractivity contribution in [3.8, 4) is 5.75 Å². The third-order valence-corrected chi connectivity index (χ3v) is 7.85. The molecular weight excluding hydrogens is 476 g/mol. The zero-order chi connectivity index (χ0) is 25.4. The van der Waals surface area contributed by atoms with Gasteiger partial charge in [0.15, 0.2) is 11.6 Å². The van der Waals surface area contributed by atoms with Gasteiger partial charge in [0.25, 0.3) is 0 Å². The first-order valence-corrected chi connectivity index (χ1v) is 12.8. The van der Waals surface area contributed by atoms with Crippen LogP contribution in [0.5, 0.6) is 5.75 Å². The molecule has 1 aromatic carbocycles. The first-order chi connectivity index (χ1) is 18.1. The lowest BCUT2D eigenvalue weighted by Gasteiger charge is -2.46. The van der Waals surface area contributed by atoms with Gasteiger partial charge in [0.05, 0.1) is 24.5 Å². The molecule has 3 atom stereocenters. The largest absolute Gasteiger partial charge is 0.490 e. The van der Waals surface area contributed by atoms with Crippen molar-refractivity contribution < 1.29 is 18.3 Å². The summed E-state index contributed by atoms with van der Waals surface area (Å²) in [6.07, 6.45) is 10.2. The highest BCUT2D eigenvalue weighted by atomic mass is 19.1. The SMILES string of the molecule is O=CN1CCC(c2ccnc3cnc4[nH]ccc4c23)CC1N1CCCC(COc2ccc(F)cc2F)C1. The lowest BCUT2D eigenvalue weighted by atomic mass is 9.84. The van der Waals surface area contributed by atoms with Crippen molar-refractivity contribution in [2.24, 2.45) is 5.92 Å². The average Bonchev–Trinajstić information content (AvgIpc) is 3.41. The van der Waals surface area contributed by atoms with Crippen LogP contribution in [0.15, 0.2) is 48.9 Å². The summed E-state index contributed by atoms with van der Waals surface area (Å²) in [5.41, 5.74) is 2.97. The molecule has 2 saturated heterocycles. The number of benzene rings is 1. The standard InChI is InChI=1S/C28H29F2N5O2/c29-20-3-4-25(23(30)13-20)37-16-18-2-1-10-34(15-18)26-12-19(7-11-35(26)17-36)21-5-8-31-24-14-33-28-22(27(21)24)6-9-32-28/h3-6,8-9,13-14,17-19,26H,1-2,7,10-12,15-16H2,(H,32,33). The number of aromatic nitrogens is 3. The van der Waals surface area contributed by atoms with Crippen LogP contribution < -0.4 is 4.74 Å². The third-order valence-electron chi connectivity index (χ3n) is 7.85. The minimum atomic E-state index is -0.689. The minimum Gasteiger partial charge on any atom is -0.490 e. The number of carbonyl (C=O) groups excluding carboxylic acids is 1. The van der Waals surface area contributed by atoms with E-state index in [1.54, 1.807) is 0 Å². The number of rotatable bonds is 6. The topological polar surface area (TPSA) is 74.4 Å². The summed E-state index contributed by atoms with van der Waals surface area (Å²) in [7, 11) is 0. The molecule has 1 N–H and O–H groups in total. The fraction of sp³-hybridized carbons (Fsp3) is 0.393. The summed E-state index contributed by atoms with van der Waals surface area (Å²) in [6.45, 7) is 2.69. The second-order valence-electron chi connectivity index (χ2n) is 10.1. The summed E-state index contributed by atoms with van der Waals surface area (Å²) in [6, 6.07) is 7.54. The molecule has 0 aliphatic carbocycles. The van der Waals surface area contributed by atoms with Crippen LogP contribution in [0, 0.1) is 17.6 Å². The Bertz CT molecular complexity index is 1430. The lowest BCUT2D eigenvalue weighted by molar-refractivity contribution is -0.128. The predicted molar refractivity (Wildman–Crippen MR) is 136 cm³/mol. The maximum atomic E-state index is 14.0. The monoisotopic (exact) mass is 505 g/mol. The van der Waals surface area contributed by atoms with Gasteiger partial charge in [-0.3, -0.25) is 14.7 Å². The number of fused-ring (bicyclic) bond motifs is 3. The predicted octanol–water partition coefficient (Wildman–Crippen LogP) is 4.84. The normalized spacial score (nSPS) is 23.0. The van der Waals surface area contributed by atoms with Crippen LogP contribution in [-0.4, -0.2) is 63.6 Å². The average molecular weight is 506 g/mol. The van der Waals surface area contributed by atoms with Crippen molar-refractivity contribution >= 4 is 28.3 Å². The minimum absolute atomic E-state index is 0.0200. The van der Waals surface area contributed by atoms with Crippen molar-refractivity contribution in [1.29, 1.82) is 0 Å². The van der Waals surface area contributed by atoms with Crippen molar-refractivity contribution in [3.63, 3.8) is 0 Å². The van der Waals surface area contributed by atoms with Gasteiger partial charge in [-0.05, 0) is 61.4 Å². The highest BCUT2D eigenvalue weighted by molar-refractivity contribution is 6.05. The molecule has 6 rings (SSSR count). The Hall–Kier alpha value is -3.59. The molecule has 3 aromatic heterocycles. The molecule has 0 spiro atoms. The van der Waals surface area contributed by atoms with E-state index >= 15 is 0 Å².